The first kappa shape index (κ1) is 57.7. The maximum atomic E-state index is 14.0. The number of nitrogens with two attached hydrogens (primary N) is 1. The standard InChI is InChI=1S/C46H64N8O15/c1-24(2)20-31(52-45(67)38(25(3)4)54-40(62)29(47)16-18-35(55)56)43(65)50-32(21-27-12-8-6-9-13-27)44(66)51-33(23-37(59)60)42(64)48-26(5)39(61)49-30(17-19-36(57)58)41(63)53-34(46(68)69)22-28-14-10-7-11-15-28/h6-15,24-26,29-34,38H,16-23,47H2,1-5H3,(H,48,64)(H,49,61)(H,50,65)(H,51,66)(H,52,67)(H,53,63)(H,54,62)(H,55,56)(H,57,58)(H,59,60)(H,68,69)/t26-,29-,30-,31-,32-,33-,34-,38-/m0/s1. The maximum Gasteiger partial charge on any atom is 0.326 e. The molecule has 0 aliphatic heterocycles. The van der Waals surface area contributed by atoms with Crippen molar-refractivity contribution < 1.29 is 73.2 Å². The topological polar surface area (TPSA) is 379 Å². The van der Waals surface area contributed by atoms with Crippen molar-refractivity contribution in [3.63, 3.8) is 0 Å². The van der Waals surface area contributed by atoms with E-state index in [1.807, 2.05) is 0 Å². The van der Waals surface area contributed by atoms with Crippen LogP contribution >= 0.6 is 0 Å². The lowest BCUT2D eigenvalue weighted by atomic mass is 9.98. The normalized spacial score (nSPS) is 14.5. The van der Waals surface area contributed by atoms with Crippen LogP contribution in [0.15, 0.2) is 60.7 Å². The van der Waals surface area contributed by atoms with Gasteiger partial charge in [-0.3, -0.25) is 47.9 Å². The molecular weight excluding hydrogens is 905 g/mol. The second-order valence-corrected chi connectivity index (χ2v) is 17.2. The third kappa shape index (κ3) is 21.4. The van der Waals surface area contributed by atoms with Crippen LogP contribution < -0.4 is 43.0 Å². The van der Waals surface area contributed by atoms with Gasteiger partial charge in [0.15, 0.2) is 0 Å². The molecule has 0 aromatic heterocycles. The first-order valence-electron chi connectivity index (χ1n) is 22.2. The summed E-state index contributed by atoms with van der Waals surface area (Å²) >= 11 is 0. The van der Waals surface area contributed by atoms with Crippen LogP contribution in [0, 0.1) is 11.8 Å². The zero-order valence-electron chi connectivity index (χ0n) is 39.1. The molecule has 0 heterocycles. The van der Waals surface area contributed by atoms with Crippen molar-refractivity contribution in [1.29, 1.82) is 0 Å². The van der Waals surface area contributed by atoms with Crippen molar-refractivity contribution in [2.45, 2.75) is 134 Å². The highest BCUT2D eigenvalue weighted by Gasteiger charge is 2.35. The molecule has 0 bridgehead atoms. The number of carbonyl (C=O) groups excluding carboxylic acids is 7. The molecule has 8 atom stereocenters. The van der Waals surface area contributed by atoms with Crippen molar-refractivity contribution in [3.8, 4) is 0 Å². The Bertz CT molecular complexity index is 2120. The first-order chi connectivity index (χ1) is 32.4. The molecule has 13 N–H and O–H groups in total. The third-order valence-electron chi connectivity index (χ3n) is 10.4. The molecule has 0 fully saturated rings. The minimum absolute atomic E-state index is 0.0325. The van der Waals surface area contributed by atoms with E-state index in [0.717, 1.165) is 6.92 Å². The van der Waals surface area contributed by atoms with Gasteiger partial charge in [-0.05, 0) is 49.1 Å². The van der Waals surface area contributed by atoms with Gasteiger partial charge in [-0.25, -0.2) is 4.79 Å². The number of hydrogen-bond acceptors (Lipinski definition) is 12. The summed E-state index contributed by atoms with van der Waals surface area (Å²) in [6.07, 6.45) is -3.05. The number of benzene rings is 2. The van der Waals surface area contributed by atoms with Crippen molar-refractivity contribution in [1.82, 2.24) is 37.2 Å². The Morgan fingerprint density at radius 1 is 0.464 bits per heavy atom. The van der Waals surface area contributed by atoms with Gasteiger partial charge < -0.3 is 63.4 Å². The van der Waals surface area contributed by atoms with E-state index < -0.39 is 145 Å². The molecule has 0 spiro atoms. The second kappa shape index (κ2) is 28.7. The van der Waals surface area contributed by atoms with Crippen molar-refractivity contribution >= 4 is 65.2 Å². The fourth-order valence-corrected chi connectivity index (χ4v) is 6.69. The molecule has 2 aromatic carbocycles. The molecule has 0 saturated heterocycles. The quantitative estimate of drug-likeness (QED) is 0.0456. The minimum Gasteiger partial charge on any atom is -0.481 e. The van der Waals surface area contributed by atoms with E-state index >= 15 is 0 Å². The average Bonchev–Trinajstić information content (AvgIpc) is 3.27. The Hall–Kier alpha value is -7.43. The molecule has 23 heteroatoms. The number of nitrogens with one attached hydrogen (secondary N) is 7. The van der Waals surface area contributed by atoms with E-state index in [-0.39, 0.29) is 31.6 Å². The predicted molar refractivity (Wildman–Crippen MR) is 245 cm³/mol. The Balaban J connectivity index is 2.33. The van der Waals surface area contributed by atoms with Gasteiger partial charge >= 0.3 is 23.9 Å². The summed E-state index contributed by atoms with van der Waals surface area (Å²) < 4.78 is 0. The maximum absolute atomic E-state index is 14.0. The van der Waals surface area contributed by atoms with E-state index in [0.29, 0.717) is 11.1 Å². The minimum atomic E-state index is -1.87. The lowest BCUT2D eigenvalue weighted by molar-refractivity contribution is -0.143. The molecule has 0 aliphatic rings. The number of carboxylic acid groups (broad SMARTS) is 4. The number of carboxylic acids is 4. The molecule has 2 rings (SSSR count). The van der Waals surface area contributed by atoms with Gasteiger partial charge in [0.05, 0.1) is 12.5 Å². The Labute approximate surface area is 398 Å². The Kier molecular flexibility index (Phi) is 24.0. The third-order valence-corrected chi connectivity index (χ3v) is 10.4. The average molecular weight is 969 g/mol. The van der Waals surface area contributed by atoms with E-state index in [4.69, 9.17) is 10.8 Å². The summed E-state index contributed by atoms with van der Waals surface area (Å²) in [5.41, 5.74) is 6.92. The molecule has 7 amide bonds. The number of rotatable bonds is 30. The lowest BCUT2D eigenvalue weighted by Crippen LogP contribution is -2.61. The Morgan fingerprint density at radius 2 is 0.899 bits per heavy atom. The number of hydrogen-bond donors (Lipinski definition) is 12. The summed E-state index contributed by atoms with van der Waals surface area (Å²) in [6.45, 7) is 7.90. The molecule has 2 aromatic rings. The van der Waals surface area contributed by atoms with E-state index in [1.54, 1.807) is 88.4 Å². The van der Waals surface area contributed by atoms with E-state index in [9.17, 15) is 68.1 Å². The zero-order chi connectivity index (χ0) is 52.0. The number of amides is 7. The highest BCUT2D eigenvalue weighted by molar-refractivity contribution is 5.98. The molecule has 0 aliphatic carbocycles. The van der Waals surface area contributed by atoms with Crippen molar-refractivity contribution in [2.24, 2.45) is 17.6 Å². The number of carbonyl (C=O) groups is 11. The fourth-order valence-electron chi connectivity index (χ4n) is 6.69. The van der Waals surface area contributed by atoms with Crippen molar-refractivity contribution in [2.75, 3.05) is 0 Å². The summed E-state index contributed by atoms with van der Waals surface area (Å²) in [4.78, 5) is 141. The van der Waals surface area contributed by atoms with Gasteiger partial charge in [0.25, 0.3) is 0 Å². The molecule has 69 heavy (non-hydrogen) atoms. The lowest BCUT2D eigenvalue weighted by Gasteiger charge is -2.28. The van der Waals surface area contributed by atoms with Crippen LogP contribution in [0.5, 0.6) is 0 Å². The molecule has 0 unspecified atom stereocenters. The Morgan fingerprint density at radius 3 is 1.39 bits per heavy atom. The van der Waals surface area contributed by atoms with Crippen molar-refractivity contribution in [3.05, 3.63) is 71.8 Å². The molecule has 0 radical (unpaired) electrons. The molecule has 23 nitrogen and oxygen atoms in total. The van der Waals surface area contributed by atoms with Crippen LogP contribution in [-0.4, -0.2) is 134 Å². The number of aliphatic carboxylic acids is 4. The largest absolute Gasteiger partial charge is 0.481 e. The van der Waals surface area contributed by atoms with Crippen LogP contribution in [0.3, 0.4) is 0 Å². The first-order valence-corrected chi connectivity index (χ1v) is 22.2. The van der Waals surface area contributed by atoms with Crippen LogP contribution in [0.1, 0.15) is 84.3 Å². The van der Waals surface area contributed by atoms with Gasteiger partial charge in [-0.1, -0.05) is 88.4 Å². The smallest absolute Gasteiger partial charge is 0.326 e. The van der Waals surface area contributed by atoms with Gasteiger partial charge in [0, 0.05) is 25.7 Å². The van der Waals surface area contributed by atoms with Gasteiger partial charge in [0.2, 0.25) is 41.4 Å². The van der Waals surface area contributed by atoms with Crippen LogP contribution in [0.2, 0.25) is 0 Å². The van der Waals surface area contributed by atoms with E-state index in [1.165, 1.54) is 0 Å². The molecular formula is C46H64N8O15. The van der Waals surface area contributed by atoms with Gasteiger partial charge in [-0.2, -0.15) is 0 Å². The summed E-state index contributed by atoms with van der Waals surface area (Å²) in [5, 5.41) is 54.7. The molecule has 378 valence electrons. The highest BCUT2D eigenvalue weighted by atomic mass is 16.4. The van der Waals surface area contributed by atoms with Crippen LogP contribution in [0.4, 0.5) is 0 Å². The monoisotopic (exact) mass is 968 g/mol. The van der Waals surface area contributed by atoms with Crippen LogP contribution in [-0.2, 0) is 65.6 Å². The van der Waals surface area contributed by atoms with Gasteiger partial charge in [-0.15, -0.1) is 0 Å². The van der Waals surface area contributed by atoms with E-state index in [2.05, 4.69) is 37.2 Å². The zero-order valence-corrected chi connectivity index (χ0v) is 39.1. The summed E-state index contributed by atoms with van der Waals surface area (Å²) in [7, 11) is 0. The van der Waals surface area contributed by atoms with Gasteiger partial charge in [0.1, 0.15) is 42.3 Å². The fraction of sp³-hybridized carbons (Fsp3) is 0.500. The highest BCUT2D eigenvalue weighted by Crippen LogP contribution is 2.12. The predicted octanol–water partition coefficient (Wildman–Crippen LogP) is -0.796. The summed E-state index contributed by atoms with van der Waals surface area (Å²) in [6, 6.07) is 4.77. The SMILES string of the molecule is CC(C)C[C@H](NC(=O)[C@@H](NC(=O)[C@@H](N)CCC(=O)O)C(C)C)C(=O)N[C@@H](Cc1ccccc1)C(=O)N[C@@H](CC(=O)O)C(=O)N[C@@H](C)C(=O)N[C@@H](CCC(=O)O)C(=O)N[C@@H](Cc1ccccc1)C(=O)O. The molecule has 0 saturated carbocycles. The van der Waals surface area contributed by atoms with Crippen LogP contribution in [0.25, 0.3) is 0 Å². The summed E-state index contributed by atoms with van der Waals surface area (Å²) in [5.74, 6) is -13.0. The second-order valence-electron chi connectivity index (χ2n) is 17.2.